The second kappa shape index (κ2) is 14.1. The first kappa shape index (κ1) is 39.1. The molecule has 2 aliphatic carbocycles. The lowest BCUT2D eigenvalue weighted by molar-refractivity contribution is 0.195. The van der Waals surface area contributed by atoms with E-state index in [9.17, 15) is 0 Å². The molecule has 2 nitrogen and oxygen atoms in total. The predicted octanol–water partition coefficient (Wildman–Crippen LogP) is 17.9. The molecule has 69 heavy (non-hydrogen) atoms. The van der Waals surface area contributed by atoms with Crippen LogP contribution >= 0.6 is 0 Å². The van der Waals surface area contributed by atoms with Gasteiger partial charge in [0.05, 0.1) is 11.0 Å². The van der Waals surface area contributed by atoms with Crippen molar-refractivity contribution in [2.75, 3.05) is 4.90 Å². The van der Waals surface area contributed by atoms with E-state index >= 15 is 0 Å². The summed E-state index contributed by atoms with van der Waals surface area (Å²) >= 11 is 0. The van der Waals surface area contributed by atoms with Crippen molar-refractivity contribution in [3.63, 3.8) is 0 Å². The fourth-order valence-electron chi connectivity index (χ4n) is 14.1. The molecule has 0 bridgehead atoms. The van der Waals surface area contributed by atoms with Gasteiger partial charge >= 0.3 is 0 Å². The average Bonchev–Trinajstić information content (AvgIpc) is 4.00. The van der Waals surface area contributed by atoms with Crippen LogP contribution in [0.4, 0.5) is 11.4 Å². The Labute approximate surface area is 402 Å². The molecule has 2 heterocycles. The highest BCUT2D eigenvalue weighted by Crippen LogP contribution is 2.63. The highest BCUT2D eigenvalue weighted by atomic mass is 16.3. The van der Waals surface area contributed by atoms with Gasteiger partial charge in [0.2, 0.25) is 0 Å². The van der Waals surface area contributed by atoms with Crippen LogP contribution in [0.1, 0.15) is 67.3 Å². The smallest absolute Gasteiger partial charge is 0.144 e. The molecule has 11 aromatic carbocycles. The number of furan rings is 1. The normalized spacial score (nSPS) is 19.1. The van der Waals surface area contributed by atoms with E-state index in [1.807, 2.05) is 0 Å². The van der Waals surface area contributed by atoms with E-state index < -0.39 is 5.41 Å². The molecular weight excluding hydrogens is 835 g/mol. The van der Waals surface area contributed by atoms with Crippen molar-refractivity contribution < 1.29 is 4.42 Å². The minimum atomic E-state index is -0.663. The van der Waals surface area contributed by atoms with Gasteiger partial charge in [-0.15, -0.1) is 0 Å². The van der Waals surface area contributed by atoms with Crippen molar-refractivity contribution in [3.8, 4) is 33.4 Å². The van der Waals surface area contributed by atoms with Crippen molar-refractivity contribution in [1.82, 2.24) is 0 Å². The van der Waals surface area contributed by atoms with Gasteiger partial charge in [0.1, 0.15) is 11.2 Å². The van der Waals surface area contributed by atoms with Crippen LogP contribution in [0.3, 0.4) is 0 Å². The molecule has 1 saturated carbocycles. The van der Waals surface area contributed by atoms with Crippen molar-refractivity contribution in [2.24, 2.45) is 0 Å². The second-order valence-electron chi connectivity index (χ2n) is 20.6. The zero-order valence-corrected chi connectivity index (χ0v) is 38.9. The summed E-state index contributed by atoms with van der Waals surface area (Å²) in [5.74, 6) is 0. The van der Waals surface area contributed by atoms with E-state index in [1.54, 1.807) is 0 Å². The van der Waals surface area contributed by atoms with Crippen LogP contribution in [0.2, 0.25) is 0 Å². The van der Waals surface area contributed by atoms with E-state index in [1.165, 1.54) is 131 Å². The Balaban J connectivity index is 1.03. The molecular formula is C67H49NO. The molecule has 0 amide bonds. The number of rotatable bonds is 5. The summed E-state index contributed by atoms with van der Waals surface area (Å²) in [4.78, 5) is 2.68. The number of benzene rings is 11. The Bertz CT molecular complexity index is 4000. The second-order valence-corrected chi connectivity index (χ2v) is 20.6. The molecule has 2 unspecified atom stereocenters. The van der Waals surface area contributed by atoms with Crippen LogP contribution in [-0.2, 0) is 10.8 Å². The third kappa shape index (κ3) is 5.06. The third-order valence-corrected chi connectivity index (χ3v) is 17.4. The van der Waals surface area contributed by atoms with Gasteiger partial charge in [-0.25, -0.2) is 0 Å². The van der Waals surface area contributed by atoms with E-state index in [2.05, 4.69) is 231 Å². The molecule has 0 spiro atoms. The molecule has 0 radical (unpaired) electrons. The summed E-state index contributed by atoms with van der Waals surface area (Å²) in [5.41, 5.74) is 17.6. The molecule has 0 saturated heterocycles. The summed E-state index contributed by atoms with van der Waals surface area (Å²) in [6, 6.07) is 80.1. The Morgan fingerprint density at radius 1 is 0.435 bits per heavy atom. The molecule has 15 rings (SSSR count). The zero-order valence-electron chi connectivity index (χ0n) is 38.9. The van der Waals surface area contributed by atoms with Gasteiger partial charge < -0.3 is 9.32 Å². The number of nitrogens with zero attached hydrogens (tertiary/aromatic N) is 1. The largest absolute Gasteiger partial charge is 0.455 e. The number of anilines is 2. The molecule has 12 aromatic rings. The van der Waals surface area contributed by atoms with Crippen LogP contribution in [0.25, 0.3) is 87.6 Å². The van der Waals surface area contributed by atoms with Crippen molar-refractivity contribution in [1.29, 1.82) is 0 Å². The standard InChI is InChI=1S/C67H49NO/c1-65-37-14-15-38-66(65,2)68(49-23-10-5-11-24-49)58-36-32-46(40-56(58)65)45-31-35-52-55(39-45)67(47-19-6-3-7-20-47,48-21-8-4-9-22-48)57-41-54(62-53-25-12-13-26-59(53)69-64(62)63(52)57)50-33-29-44-28-27-42-17-16-18-43-30-34-51(50)61(44)60(42)43/h3-13,16-36,39-41H,14-15,37-38H2,1-2H3. The van der Waals surface area contributed by atoms with Gasteiger partial charge in [0.25, 0.3) is 0 Å². The molecule has 0 N–H and O–H groups in total. The molecule has 2 heteroatoms. The van der Waals surface area contributed by atoms with E-state index in [0.29, 0.717) is 0 Å². The summed E-state index contributed by atoms with van der Waals surface area (Å²) in [6.45, 7) is 5.07. The van der Waals surface area contributed by atoms with E-state index in [4.69, 9.17) is 4.42 Å². The average molecular weight is 884 g/mol. The molecule has 1 aliphatic heterocycles. The van der Waals surface area contributed by atoms with Crippen LogP contribution in [0.5, 0.6) is 0 Å². The first-order valence-electron chi connectivity index (χ1n) is 24.9. The Hall–Kier alpha value is -7.94. The molecule has 2 atom stereocenters. The monoisotopic (exact) mass is 883 g/mol. The van der Waals surface area contributed by atoms with E-state index in [-0.39, 0.29) is 11.0 Å². The Morgan fingerprint density at radius 3 is 1.80 bits per heavy atom. The maximum Gasteiger partial charge on any atom is 0.144 e. The number of hydrogen-bond donors (Lipinski definition) is 0. The summed E-state index contributed by atoms with van der Waals surface area (Å²) in [6.07, 6.45) is 4.84. The van der Waals surface area contributed by atoms with Gasteiger partial charge in [-0.1, -0.05) is 190 Å². The zero-order chi connectivity index (χ0) is 45.6. The molecule has 3 aliphatic rings. The van der Waals surface area contributed by atoms with Crippen LogP contribution in [-0.4, -0.2) is 5.54 Å². The van der Waals surface area contributed by atoms with E-state index in [0.717, 1.165) is 21.9 Å². The lowest BCUT2D eigenvalue weighted by Gasteiger charge is -2.50. The summed E-state index contributed by atoms with van der Waals surface area (Å²) in [7, 11) is 0. The highest BCUT2D eigenvalue weighted by Gasteiger charge is 2.58. The van der Waals surface area contributed by atoms with Crippen molar-refractivity contribution >= 4 is 65.6 Å². The molecule has 1 fully saturated rings. The van der Waals surface area contributed by atoms with Gasteiger partial charge in [0.15, 0.2) is 0 Å². The molecule has 328 valence electrons. The predicted molar refractivity (Wildman–Crippen MR) is 288 cm³/mol. The maximum absolute atomic E-state index is 7.28. The maximum atomic E-state index is 7.28. The van der Waals surface area contributed by atoms with Gasteiger partial charge in [-0.3, -0.25) is 0 Å². The minimum absolute atomic E-state index is 0.00562. The summed E-state index contributed by atoms with van der Waals surface area (Å²) in [5, 5.41) is 10.0. The Morgan fingerprint density at radius 2 is 1.04 bits per heavy atom. The van der Waals surface area contributed by atoms with Crippen molar-refractivity contribution in [3.05, 3.63) is 240 Å². The van der Waals surface area contributed by atoms with Gasteiger partial charge in [-0.05, 0) is 150 Å². The first-order chi connectivity index (χ1) is 34.0. The van der Waals surface area contributed by atoms with Crippen LogP contribution in [0.15, 0.2) is 217 Å². The SMILES string of the molecule is CC12CCCCC1(C)N(c1ccccc1)c1ccc(-c3ccc4c(c3)C(c3ccccc3)(c3ccccc3)c3cc(-c5ccc6ccc7cccc8ccc5c6c78)c5c(oc6ccccc65)c3-4)cc12. The van der Waals surface area contributed by atoms with Crippen LogP contribution in [0, 0.1) is 0 Å². The lowest BCUT2D eigenvalue weighted by Crippen LogP contribution is -2.54. The first-order valence-corrected chi connectivity index (χ1v) is 24.9. The quantitative estimate of drug-likeness (QED) is 0.160. The Kier molecular flexibility index (Phi) is 7.97. The fourth-order valence-corrected chi connectivity index (χ4v) is 14.1. The number of hydrogen-bond acceptors (Lipinski definition) is 2. The topological polar surface area (TPSA) is 16.4 Å². The fraction of sp³-hybridized carbons (Fsp3) is 0.134. The summed E-state index contributed by atoms with van der Waals surface area (Å²) < 4.78 is 7.28. The number of fused-ring (bicyclic) bond motifs is 10. The third-order valence-electron chi connectivity index (χ3n) is 17.4. The van der Waals surface area contributed by atoms with Gasteiger partial charge in [-0.2, -0.15) is 0 Å². The van der Waals surface area contributed by atoms with Crippen molar-refractivity contribution in [2.45, 2.75) is 55.9 Å². The number of para-hydroxylation sites is 2. The minimum Gasteiger partial charge on any atom is -0.455 e. The van der Waals surface area contributed by atoms with Gasteiger partial charge in [0, 0.05) is 33.1 Å². The lowest BCUT2D eigenvalue weighted by atomic mass is 9.61. The highest BCUT2D eigenvalue weighted by molar-refractivity contribution is 6.28. The molecule has 1 aromatic heterocycles. The van der Waals surface area contributed by atoms with Crippen LogP contribution < -0.4 is 4.90 Å².